The molecule has 0 aliphatic rings. The highest BCUT2D eigenvalue weighted by atomic mass is 16.4. The number of carboxylic acid groups (broad SMARTS) is 1. The summed E-state index contributed by atoms with van der Waals surface area (Å²) >= 11 is 0. The standard InChI is InChI=1S/C25H43NO3/c1-2-3-4-5-6-7-8-9-10-11-12-13-17-20-23(27)24(25(28)29)26-21-22-18-15-14-16-19-22/h14-16,18-19,23-24,26-27H,2-13,17,20-21H2,1H3,(H,28,29)/t23-,24-/m1/s1. The van der Waals surface area contributed by atoms with Gasteiger partial charge in [0.05, 0.1) is 6.10 Å². The first kappa shape index (κ1) is 25.6. The van der Waals surface area contributed by atoms with Crippen molar-refractivity contribution >= 4 is 5.97 Å². The number of carbonyl (C=O) groups is 1. The van der Waals surface area contributed by atoms with Crippen molar-refractivity contribution in [2.75, 3.05) is 0 Å². The van der Waals surface area contributed by atoms with Gasteiger partial charge in [-0.25, -0.2) is 0 Å². The maximum atomic E-state index is 11.5. The van der Waals surface area contributed by atoms with Crippen molar-refractivity contribution in [2.45, 2.75) is 116 Å². The summed E-state index contributed by atoms with van der Waals surface area (Å²) in [6, 6.07) is 8.78. The van der Waals surface area contributed by atoms with Crippen LogP contribution in [0.4, 0.5) is 0 Å². The van der Waals surface area contributed by atoms with Crippen LogP contribution >= 0.6 is 0 Å². The van der Waals surface area contributed by atoms with E-state index in [-0.39, 0.29) is 0 Å². The lowest BCUT2D eigenvalue weighted by molar-refractivity contribution is -0.142. The average molecular weight is 406 g/mol. The van der Waals surface area contributed by atoms with Crippen LogP contribution in [-0.2, 0) is 11.3 Å². The Morgan fingerprint density at radius 1 is 0.828 bits per heavy atom. The maximum absolute atomic E-state index is 11.5. The van der Waals surface area contributed by atoms with Gasteiger partial charge < -0.3 is 10.2 Å². The Balaban J connectivity index is 2.02. The minimum absolute atomic E-state index is 0.452. The van der Waals surface area contributed by atoms with Crippen LogP contribution in [0.15, 0.2) is 30.3 Å². The Hall–Kier alpha value is -1.39. The minimum Gasteiger partial charge on any atom is -0.480 e. The molecule has 0 fully saturated rings. The largest absolute Gasteiger partial charge is 0.480 e. The molecule has 0 aliphatic heterocycles. The topological polar surface area (TPSA) is 69.6 Å². The monoisotopic (exact) mass is 405 g/mol. The Kier molecular flexibility index (Phi) is 15.4. The van der Waals surface area contributed by atoms with E-state index in [4.69, 9.17) is 0 Å². The molecule has 29 heavy (non-hydrogen) atoms. The Morgan fingerprint density at radius 2 is 1.31 bits per heavy atom. The van der Waals surface area contributed by atoms with Crippen molar-refractivity contribution < 1.29 is 15.0 Å². The molecule has 1 aromatic carbocycles. The average Bonchev–Trinajstić information content (AvgIpc) is 2.72. The Bertz CT molecular complexity index is 506. The molecule has 0 heterocycles. The van der Waals surface area contributed by atoms with E-state index < -0.39 is 18.1 Å². The minimum atomic E-state index is -0.983. The molecule has 0 amide bonds. The lowest BCUT2D eigenvalue weighted by Gasteiger charge is -2.20. The van der Waals surface area contributed by atoms with Crippen molar-refractivity contribution in [2.24, 2.45) is 0 Å². The van der Waals surface area contributed by atoms with Gasteiger partial charge in [-0.3, -0.25) is 10.1 Å². The van der Waals surface area contributed by atoms with Gasteiger partial charge in [0.1, 0.15) is 6.04 Å². The quantitative estimate of drug-likeness (QED) is 0.244. The number of aliphatic carboxylic acids is 1. The third-order valence-corrected chi connectivity index (χ3v) is 5.62. The van der Waals surface area contributed by atoms with Gasteiger partial charge in [-0.2, -0.15) is 0 Å². The first-order chi connectivity index (χ1) is 14.1. The van der Waals surface area contributed by atoms with E-state index in [1.807, 2.05) is 30.3 Å². The molecule has 0 unspecified atom stereocenters. The summed E-state index contributed by atoms with van der Waals surface area (Å²) in [5, 5.41) is 22.7. The molecular formula is C25H43NO3. The first-order valence-corrected chi connectivity index (χ1v) is 11.8. The number of aliphatic hydroxyl groups is 1. The van der Waals surface area contributed by atoms with Crippen LogP contribution in [0.2, 0.25) is 0 Å². The first-order valence-electron chi connectivity index (χ1n) is 11.8. The molecule has 2 atom stereocenters. The van der Waals surface area contributed by atoms with E-state index in [0.29, 0.717) is 13.0 Å². The summed E-state index contributed by atoms with van der Waals surface area (Å²) in [5.74, 6) is -0.983. The fraction of sp³-hybridized carbons (Fsp3) is 0.720. The van der Waals surface area contributed by atoms with Crippen LogP contribution in [0.5, 0.6) is 0 Å². The zero-order chi connectivity index (χ0) is 21.2. The zero-order valence-corrected chi connectivity index (χ0v) is 18.5. The van der Waals surface area contributed by atoms with Crippen molar-refractivity contribution in [1.29, 1.82) is 0 Å². The highest BCUT2D eigenvalue weighted by Gasteiger charge is 2.25. The predicted molar refractivity (Wildman–Crippen MR) is 121 cm³/mol. The molecule has 0 aromatic heterocycles. The number of nitrogens with one attached hydrogen (secondary N) is 1. The number of rotatable bonds is 19. The SMILES string of the molecule is CCCCCCCCCCCCCCC[C@@H](O)[C@@H](NCc1ccccc1)C(=O)O. The van der Waals surface area contributed by atoms with Crippen molar-refractivity contribution in [1.82, 2.24) is 5.32 Å². The summed E-state index contributed by atoms with van der Waals surface area (Å²) in [6.07, 6.45) is 16.3. The second-order valence-corrected chi connectivity index (χ2v) is 8.28. The van der Waals surface area contributed by atoms with E-state index in [2.05, 4.69) is 12.2 Å². The van der Waals surface area contributed by atoms with Gasteiger partial charge in [0.25, 0.3) is 0 Å². The molecule has 166 valence electrons. The molecule has 4 heteroatoms. The number of hydrogen-bond donors (Lipinski definition) is 3. The van der Waals surface area contributed by atoms with Crippen LogP contribution in [0.25, 0.3) is 0 Å². The maximum Gasteiger partial charge on any atom is 0.323 e. The van der Waals surface area contributed by atoms with E-state index >= 15 is 0 Å². The van der Waals surface area contributed by atoms with E-state index in [1.54, 1.807) is 0 Å². The predicted octanol–water partition coefficient (Wildman–Crippen LogP) is 6.07. The van der Waals surface area contributed by atoms with E-state index in [1.165, 1.54) is 70.6 Å². The summed E-state index contributed by atoms with van der Waals surface area (Å²) in [5.41, 5.74) is 1.02. The molecule has 0 aliphatic carbocycles. The second kappa shape index (κ2) is 17.5. The lowest BCUT2D eigenvalue weighted by Crippen LogP contribution is -2.45. The number of aliphatic hydroxyl groups excluding tert-OH is 1. The summed E-state index contributed by atoms with van der Waals surface area (Å²) in [6.45, 7) is 2.71. The number of carboxylic acids is 1. The number of unbranched alkanes of at least 4 members (excludes halogenated alkanes) is 12. The van der Waals surface area contributed by atoms with Gasteiger partial charge in [-0.15, -0.1) is 0 Å². The second-order valence-electron chi connectivity index (χ2n) is 8.28. The van der Waals surface area contributed by atoms with Crippen LogP contribution in [0.3, 0.4) is 0 Å². The molecule has 0 saturated carbocycles. The number of hydrogen-bond acceptors (Lipinski definition) is 3. The van der Waals surface area contributed by atoms with Crippen LogP contribution in [0, 0.1) is 0 Å². The van der Waals surface area contributed by atoms with Crippen molar-refractivity contribution in [3.8, 4) is 0 Å². The van der Waals surface area contributed by atoms with Gasteiger partial charge in [-0.1, -0.05) is 121 Å². The summed E-state index contributed by atoms with van der Waals surface area (Å²) < 4.78 is 0. The van der Waals surface area contributed by atoms with Crippen molar-refractivity contribution in [3.63, 3.8) is 0 Å². The normalized spacial score (nSPS) is 13.3. The molecule has 3 N–H and O–H groups in total. The smallest absolute Gasteiger partial charge is 0.323 e. The van der Waals surface area contributed by atoms with Gasteiger partial charge in [0.2, 0.25) is 0 Å². The summed E-state index contributed by atoms with van der Waals surface area (Å²) in [4.78, 5) is 11.5. The molecular weight excluding hydrogens is 362 g/mol. The van der Waals surface area contributed by atoms with Gasteiger partial charge in [0, 0.05) is 6.54 Å². The van der Waals surface area contributed by atoms with Gasteiger partial charge in [-0.05, 0) is 12.0 Å². The van der Waals surface area contributed by atoms with Crippen molar-refractivity contribution in [3.05, 3.63) is 35.9 Å². The molecule has 1 rings (SSSR count). The fourth-order valence-corrected chi connectivity index (χ4v) is 3.75. The zero-order valence-electron chi connectivity index (χ0n) is 18.5. The van der Waals surface area contributed by atoms with Crippen LogP contribution < -0.4 is 5.32 Å². The molecule has 0 bridgehead atoms. The van der Waals surface area contributed by atoms with Crippen LogP contribution in [0.1, 0.15) is 102 Å². The molecule has 0 spiro atoms. The third kappa shape index (κ3) is 13.5. The lowest BCUT2D eigenvalue weighted by atomic mass is 10.0. The Labute approximate surface area is 178 Å². The highest BCUT2D eigenvalue weighted by molar-refractivity contribution is 5.74. The van der Waals surface area contributed by atoms with Gasteiger partial charge in [0.15, 0.2) is 0 Å². The van der Waals surface area contributed by atoms with E-state index in [0.717, 1.165) is 18.4 Å². The molecule has 0 saturated heterocycles. The molecule has 4 nitrogen and oxygen atoms in total. The van der Waals surface area contributed by atoms with Crippen LogP contribution in [-0.4, -0.2) is 28.3 Å². The Morgan fingerprint density at radius 3 is 1.79 bits per heavy atom. The third-order valence-electron chi connectivity index (χ3n) is 5.62. The van der Waals surface area contributed by atoms with Gasteiger partial charge >= 0.3 is 5.97 Å². The molecule has 0 radical (unpaired) electrons. The number of benzene rings is 1. The highest BCUT2D eigenvalue weighted by Crippen LogP contribution is 2.14. The molecule has 1 aromatic rings. The van der Waals surface area contributed by atoms with E-state index in [9.17, 15) is 15.0 Å². The fourth-order valence-electron chi connectivity index (χ4n) is 3.75. The summed E-state index contributed by atoms with van der Waals surface area (Å²) in [7, 11) is 0.